The number of hydrogen-bond acceptors (Lipinski definition) is 5. The molecule has 0 saturated carbocycles. The number of benzene rings is 1. The van der Waals surface area contributed by atoms with Gasteiger partial charge in [0.1, 0.15) is 11.6 Å². The van der Waals surface area contributed by atoms with Gasteiger partial charge >= 0.3 is 6.09 Å². The van der Waals surface area contributed by atoms with Crippen molar-refractivity contribution in [3.63, 3.8) is 0 Å². The van der Waals surface area contributed by atoms with Crippen molar-refractivity contribution in [3.05, 3.63) is 23.8 Å². The Morgan fingerprint density at radius 1 is 1.17 bits per heavy atom. The second kappa shape index (κ2) is 9.37. The number of carbonyl (C=O) groups excluding carboxylic acids is 2. The first-order valence-electron chi connectivity index (χ1n) is 10.1. The van der Waals surface area contributed by atoms with Gasteiger partial charge in [0.2, 0.25) is 12.7 Å². The van der Waals surface area contributed by atoms with Crippen molar-refractivity contribution >= 4 is 12.0 Å². The average Bonchev–Trinajstić information content (AvgIpc) is 3.05. The molecule has 0 aromatic heterocycles. The fourth-order valence-electron chi connectivity index (χ4n) is 3.15. The van der Waals surface area contributed by atoms with E-state index in [9.17, 15) is 9.59 Å². The summed E-state index contributed by atoms with van der Waals surface area (Å²) in [5.41, 5.74) is 0.440. The number of ether oxygens (including phenoxy) is 3. The third-order valence-electron chi connectivity index (χ3n) is 4.67. The van der Waals surface area contributed by atoms with Crippen LogP contribution in [-0.2, 0) is 16.0 Å². The molecule has 2 atom stereocenters. The van der Waals surface area contributed by atoms with Crippen molar-refractivity contribution in [2.75, 3.05) is 13.8 Å². The maximum absolute atomic E-state index is 13.1. The molecular weight excluding hydrogens is 372 g/mol. The van der Waals surface area contributed by atoms with Crippen LogP contribution < -0.4 is 14.8 Å². The van der Waals surface area contributed by atoms with Crippen LogP contribution in [0.15, 0.2) is 18.2 Å². The first-order valence-corrected chi connectivity index (χ1v) is 10.1. The van der Waals surface area contributed by atoms with Crippen LogP contribution in [0.5, 0.6) is 11.5 Å². The van der Waals surface area contributed by atoms with Crippen LogP contribution in [0.2, 0.25) is 0 Å². The van der Waals surface area contributed by atoms with Gasteiger partial charge in [0.15, 0.2) is 11.5 Å². The molecule has 0 spiro atoms. The van der Waals surface area contributed by atoms with Gasteiger partial charge in [-0.2, -0.15) is 0 Å². The highest BCUT2D eigenvalue weighted by molar-refractivity contribution is 5.85. The molecule has 162 valence electrons. The molecule has 2 rings (SSSR count). The van der Waals surface area contributed by atoms with E-state index < -0.39 is 17.7 Å². The van der Waals surface area contributed by atoms with Gasteiger partial charge in [-0.1, -0.05) is 19.9 Å². The zero-order chi connectivity index (χ0) is 21.8. The first kappa shape index (κ1) is 22.8. The van der Waals surface area contributed by atoms with Crippen LogP contribution in [-0.4, -0.2) is 48.4 Å². The van der Waals surface area contributed by atoms with Gasteiger partial charge in [-0.25, -0.2) is 4.79 Å². The highest BCUT2D eigenvalue weighted by atomic mass is 16.7. The highest BCUT2D eigenvalue weighted by Gasteiger charge is 2.29. The van der Waals surface area contributed by atoms with E-state index in [2.05, 4.69) is 5.32 Å². The highest BCUT2D eigenvalue weighted by Crippen LogP contribution is 2.33. The van der Waals surface area contributed by atoms with Crippen molar-refractivity contribution in [1.29, 1.82) is 0 Å². The van der Waals surface area contributed by atoms with Gasteiger partial charge in [0, 0.05) is 13.1 Å². The summed E-state index contributed by atoms with van der Waals surface area (Å²) in [6.45, 7) is 11.7. The number of fused-ring (bicyclic) bond motifs is 1. The summed E-state index contributed by atoms with van der Waals surface area (Å²) in [4.78, 5) is 27.0. The minimum atomic E-state index is -0.631. The van der Waals surface area contributed by atoms with Crippen LogP contribution in [0.25, 0.3) is 0 Å². The average molecular weight is 407 g/mol. The van der Waals surface area contributed by atoms with Gasteiger partial charge in [-0.15, -0.1) is 0 Å². The molecule has 0 aliphatic carbocycles. The molecule has 0 fully saturated rings. The van der Waals surface area contributed by atoms with Gasteiger partial charge in [0.25, 0.3) is 0 Å². The first-order chi connectivity index (χ1) is 13.5. The predicted octanol–water partition coefficient (Wildman–Crippen LogP) is 3.74. The van der Waals surface area contributed by atoms with E-state index in [4.69, 9.17) is 14.2 Å². The third-order valence-corrected chi connectivity index (χ3v) is 4.67. The molecule has 2 amide bonds. The van der Waals surface area contributed by atoms with E-state index in [-0.39, 0.29) is 24.7 Å². The molecule has 1 aromatic rings. The lowest BCUT2D eigenvalue weighted by Gasteiger charge is -2.31. The van der Waals surface area contributed by atoms with Gasteiger partial charge < -0.3 is 24.4 Å². The van der Waals surface area contributed by atoms with Crippen LogP contribution >= 0.6 is 0 Å². The Kier molecular flexibility index (Phi) is 7.38. The van der Waals surface area contributed by atoms with Crippen molar-refractivity contribution in [2.45, 2.75) is 72.1 Å². The number of alkyl carbamates (subject to hydrolysis) is 1. The molecule has 7 heteroatoms. The molecule has 0 bridgehead atoms. The zero-order valence-corrected chi connectivity index (χ0v) is 18.6. The predicted molar refractivity (Wildman–Crippen MR) is 111 cm³/mol. The minimum Gasteiger partial charge on any atom is -0.454 e. The van der Waals surface area contributed by atoms with E-state index in [1.165, 1.54) is 0 Å². The smallest absolute Gasteiger partial charge is 0.408 e. The van der Waals surface area contributed by atoms with E-state index in [1.807, 2.05) is 39.0 Å². The van der Waals surface area contributed by atoms with E-state index in [0.29, 0.717) is 12.8 Å². The summed E-state index contributed by atoms with van der Waals surface area (Å²) < 4.78 is 16.1. The number of hydrogen-bond donors (Lipinski definition) is 1. The van der Waals surface area contributed by atoms with Crippen LogP contribution in [0, 0.1) is 5.92 Å². The number of carbonyl (C=O) groups is 2. The molecule has 1 aromatic carbocycles. The Morgan fingerprint density at radius 2 is 1.83 bits per heavy atom. The second-order valence-corrected chi connectivity index (χ2v) is 9.02. The molecule has 0 saturated heterocycles. The third kappa shape index (κ3) is 6.84. The lowest BCUT2D eigenvalue weighted by molar-refractivity contribution is -0.134. The summed E-state index contributed by atoms with van der Waals surface area (Å²) in [7, 11) is 1.77. The number of likely N-dealkylation sites (N-methyl/N-ethyl adjacent to an activating group) is 1. The maximum atomic E-state index is 13.1. The molecule has 29 heavy (non-hydrogen) atoms. The summed E-state index contributed by atoms with van der Waals surface area (Å²) >= 11 is 0. The molecule has 1 heterocycles. The SMILES string of the molecule is CC(C)CC(NC(=O)OC(C)(C)C)C(=O)N(C)C(C)Cc1ccc2c(c1)OCO2. The molecule has 2 unspecified atom stereocenters. The molecule has 0 radical (unpaired) electrons. The van der Waals surface area contributed by atoms with Crippen molar-refractivity contribution in [3.8, 4) is 11.5 Å². The molecule has 1 N–H and O–H groups in total. The van der Waals surface area contributed by atoms with Crippen LogP contribution in [0.4, 0.5) is 4.79 Å². The summed E-state index contributed by atoms with van der Waals surface area (Å²) in [6.07, 6.45) is 0.632. The van der Waals surface area contributed by atoms with Gasteiger partial charge in [-0.3, -0.25) is 4.79 Å². The standard InChI is InChI=1S/C22H34N2O5/c1-14(2)10-17(23-21(26)29-22(4,5)6)20(25)24(7)15(3)11-16-8-9-18-19(12-16)28-13-27-18/h8-9,12,14-15,17H,10-11,13H2,1-7H3,(H,23,26). The molecular formula is C22H34N2O5. The Balaban J connectivity index is 2.03. The lowest BCUT2D eigenvalue weighted by Crippen LogP contribution is -2.51. The summed E-state index contributed by atoms with van der Waals surface area (Å²) in [5, 5.41) is 2.75. The van der Waals surface area contributed by atoms with E-state index >= 15 is 0 Å². The number of amides is 2. The van der Waals surface area contributed by atoms with Crippen LogP contribution in [0.3, 0.4) is 0 Å². The quantitative estimate of drug-likeness (QED) is 0.746. The van der Waals surface area contributed by atoms with Gasteiger partial charge in [-0.05, 0) is 64.2 Å². The molecule has 1 aliphatic rings. The Labute approximate surface area is 173 Å². The van der Waals surface area contributed by atoms with Crippen molar-refractivity contribution < 1.29 is 23.8 Å². The molecule has 7 nitrogen and oxygen atoms in total. The largest absolute Gasteiger partial charge is 0.454 e. The van der Waals surface area contributed by atoms with Crippen molar-refractivity contribution in [1.82, 2.24) is 10.2 Å². The minimum absolute atomic E-state index is 0.0574. The number of rotatable bonds is 7. The Hall–Kier alpha value is -2.44. The molecule has 1 aliphatic heterocycles. The fraction of sp³-hybridized carbons (Fsp3) is 0.636. The van der Waals surface area contributed by atoms with Crippen molar-refractivity contribution in [2.24, 2.45) is 5.92 Å². The van der Waals surface area contributed by atoms with Crippen LogP contribution in [0.1, 0.15) is 53.5 Å². The second-order valence-electron chi connectivity index (χ2n) is 9.02. The van der Waals surface area contributed by atoms with E-state index in [1.54, 1.807) is 32.7 Å². The topological polar surface area (TPSA) is 77.1 Å². The number of nitrogens with one attached hydrogen (secondary N) is 1. The summed E-state index contributed by atoms with van der Waals surface area (Å²) in [5.74, 6) is 1.59. The fourth-order valence-corrected chi connectivity index (χ4v) is 3.15. The maximum Gasteiger partial charge on any atom is 0.408 e. The lowest BCUT2D eigenvalue weighted by atomic mass is 10.0. The van der Waals surface area contributed by atoms with E-state index in [0.717, 1.165) is 17.1 Å². The summed E-state index contributed by atoms with van der Waals surface area (Å²) in [6, 6.07) is 5.12. The number of nitrogens with zero attached hydrogens (tertiary/aromatic N) is 1. The zero-order valence-electron chi connectivity index (χ0n) is 18.6. The normalized spacial score (nSPS) is 15.0. The van der Waals surface area contributed by atoms with Gasteiger partial charge in [0.05, 0.1) is 0 Å². The Bertz CT molecular complexity index is 726. The Morgan fingerprint density at radius 3 is 2.45 bits per heavy atom. The monoisotopic (exact) mass is 406 g/mol.